The molecule has 0 spiro atoms. The molecule has 0 atom stereocenters. The van der Waals surface area contributed by atoms with Gasteiger partial charge in [0.1, 0.15) is 5.56 Å². The Morgan fingerprint density at radius 2 is 1.69 bits per heavy atom. The molecule has 1 aromatic carbocycles. The summed E-state index contributed by atoms with van der Waals surface area (Å²) >= 11 is 0. The highest BCUT2D eigenvalue weighted by Gasteiger charge is 2.28. The molecule has 32 heavy (non-hydrogen) atoms. The van der Waals surface area contributed by atoms with Crippen LogP contribution in [0.2, 0.25) is 0 Å². The van der Waals surface area contributed by atoms with Gasteiger partial charge < -0.3 is 15.2 Å². The maximum absolute atomic E-state index is 13.0. The van der Waals surface area contributed by atoms with Crippen LogP contribution in [0, 0.1) is 0 Å². The first kappa shape index (κ1) is 22.3. The summed E-state index contributed by atoms with van der Waals surface area (Å²) in [6.07, 6.45) is 7.73. The maximum atomic E-state index is 13.0. The molecule has 3 heterocycles. The lowest BCUT2D eigenvalue weighted by Gasteiger charge is -2.32. The van der Waals surface area contributed by atoms with E-state index in [1.165, 1.54) is 12.8 Å². The van der Waals surface area contributed by atoms with Gasteiger partial charge in [-0.2, -0.15) is 0 Å². The van der Waals surface area contributed by atoms with Gasteiger partial charge in [0.25, 0.3) is 11.5 Å². The predicted octanol–water partition coefficient (Wildman–Crippen LogP) is 1.95. The summed E-state index contributed by atoms with van der Waals surface area (Å²) in [5.41, 5.74) is 8.02. The Kier molecular flexibility index (Phi) is 7.05. The second-order valence-electron chi connectivity index (χ2n) is 8.86. The van der Waals surface area contributed by atoms with Crippen molar-refractivity contribution in [1.82, 2.24) is 14.4 Å². The summed E-state index contributed by atoms with van der Waals surface area (Å²) in [6.45, 7) is 3.76. The average molecular weight is 437 g/mol. The number of primary amides is 1. The van der Waals surface area contributed by atoms with Gasteiger partial charge >= 0.3 is 0 Å². The lowest BCUT2D eigenvalue weighted by Crippen LogP contribution is -2.44. The number of carbonyl (C=O) groups excluding carboxylic acids is 2. The lowest BCUT2D eigenvalue weighted by molar-refractivity contribution is -0.133. The van der Waals surface area contributed by atoms with Gasteiger partial charge in [0.2, 0.25) is 5.91 Å². The number of benzene rings is 1. The summed E-state index contributed by atoms with van der Waals surface area (Å²) in [7, 11) is 0. The Labute approximate surface area is 188 Å². The largest absolute Gasteiger partial charge is 0.365 e. The van der Waals surface area contributed by atoms with Crippen LogP contribution in [0.25, 0.3) is 0 Å². The molecule has 2 aromatic rings. The second kappa shape index (κ2) is 10.1. The number of carbonyl (C=O) groups is 2. The zero-order chi connectivity index (χ0) is 22.5. The number of hydrogen-bond acceptors (Lipinski definition) is 4. The van der Waals surface area contributed by atoms with E-state index >= 15 is 0 Å². The Morgan fingerprint density at radius 3 is 2.38 bits per heavy atom. The van der Waals surface area contributed by atoms with Gasteiger partial charge in [0.05, 0.1) is 6.54 Å². The van der Waals surface area contributed by atoms with Gasteiger partial charge in [-0.15, -0.1) is 0 Å². The molecular formula is C25H32N4O3. The van der Waals surface area contributed by atoms with E-state index in [4.69, 9.17) is 5.73 Å². The van der Waals surface area contributed by atoms with E-state index in [0.717, 1.165) is 37.1 Å². The van der Waals surface area contributed by atoms with E-state index < -0.39 is 5.91 Å². The third kappa shape index (κ3) is 5.10. The SMILES string of the molecule is NC(=O)c1c2c(cn(CCc3ccccc3)c1=O)CN(C(=O)CN1CCCCCC1)CC2. The second-order valence-corrected chi connectivity index (χ2v) is 8.86. The highest BCUT2D eigenvalue weighted by atomic mass is 16.2. The number of likely N-dealkylation sites (tertiary alicyclic amines) is 1. The minimum absolute atomic E-state index is 0.0789. The van der Waals surface area contributed by atoms with Crippen LogP contribution in [0.5, 0.6) is 0 Å². The lowest BCUT2D eigenvalue weighted by atomic mass is 9.96. The number of nitrogens with zero attached hydrogens (tertiary/aromatic N) is 3. The minimum Gasteiger partial charge on any atom is -0.365 e. The molecule has 1 fully saturated rings. The van der Waals surface area contributed by atoms with Crippen LogP contribution in [0.4, 0.5) is 0 Å². The number of hydrogen-bond donors (Lipinski definition) is 1. The summed E-state index contributed by atoms with van der Waals surface area (Å²) in [4.78, 5) is 42.2. The molecule has 0 saturated carbocycles. The van der Waals surface area contributed by atoms with Crippen molar-refractivity contribution in [3.8, 4) is 0 Å². The van der Waals surface area contributed by atoms with Crippen molar-refractivity contribution in [2.24, 2.45) is 5.73 Å². The van der Waals surface area contributed by atoms with E-state index in [1.54, 1.807) is 4.57 Å². The molecule has 1 saturated heterocycles. The average Bonchev–Trinajstić information content (AvgIpc) is 3.06. The van der Waals surface area contributed by atoms with E-state index in [-0.39, 0.29) is 17.0 Å². The molecule has 2 N–H and O–H groups in total. The molecular weight excluding hydrogens is 404 g/mol. The van der Waals surface area contributed by atoms with Crippen molar-refractivity contribution in [1.29, 1.82) is 0 Å². The van der Waals surface area contributed by atoms with Crippen LogP contribution in [-0.2, 0) is 30.7 Å². The molecule has 1 aromatic heterocycles. The van der Waals surface area contributed by atoms with Crippen molar-refractivity contribution < 1.29 is 9.59 Å². The normalized spacial score (nSPS) is 16.9. The van der Waals surface area contributed by atoms with Crippen LogP contribution in [0.1, 0.15) is 52.7 Å². The molecule has 0 aliphatic carbocycles. The fourth-order valence-electron chi connectivity index (χ4n) is 4.82. The molecule has 170 valence electrons. The van der Waals surface area contributed by atoms with E-state index in [1.807, 2.05) is 41.4 Å². The highest BCUT2D eigenvalue weighted by molar-refractivity contribution is 5.94. The number of nitrogens with two attached hydrogens (primary N) is 1. The van der Waals surface area contributed by atoms with Crippen molar-refractivity contribution in [3.05, 3.63) is 69.1 Å². The number of aromatic nitrogens is 1. The first-order valence-corrected chi connectivity index (χ1v) is 11.6. The molecule has 2 amide bonds. The number of aryl methyl sites for hydroxylation is 2. The van der Waals surface area contributed by atoms with Gasteiger partial charge in [0, 0.05) is 25.8 Å². The first-order chi connectivity index (χ1) is 15.5. The maximum Gasteiger partial charge on any atom is 0.263 e. The van der Waals surface area contributed by atoms with Crippen molar-refractivity contribution >= 4 is 11.8 Å². The molecule has 7 heteroatoms. The van der Waals surface area contributed by atoms with E-state index in [2.05, 4.69) is 4.90 Å². The summed E-state index contributed by atoms with van der Waals surface area (Å²) < 4.78 is 1.58. The summed E-state index contributed by atoms with van der Waals surface area (Å²) in [5, 5.41) is 0. The zero-order valence-electron chi connectivity index (χ0n) is 18.6. The monoisotopic (exact) mass is 436 g/mol. The van der Waals surface area contributed by atoms with Crippen LogP contribution >= 0.6 is 0 Å². The van der Waals surface area contributed by atoms with Gasteiger partial charge in [-0.1, -0.05) is 43.2 Å². The zero-order valence-corrected chi connectivity index (χ0v) is 18.6. The van der Waals surface area contributed by atoms with Crippen LogP contribution in [0.15, 0.2) is 41.3 Å². The van der Waals surface area contributed by atoms with Crippen molar-refractivity contribution in [2.45, 2.75) is 51.6 Å². The number of fused-ring (bicyclic) bond motifs is 1. The minimum atomic E-state index is -0.690. The smallest absolute Gasteiger partial charge is 0.263 e. The van der Waals surface area contributed by atoms with Gasteiger partial charge in [-0.3, -0.25) is 19.3 Å². The Morgan fingerprint density at radius 1 is 0.969 bits per heavy atom. The molecule has 0 bridgehead atoms. The van der Waals surface area contributed by atoms with Crippen LogP contribution in [-0.4, -0.2) is 52.4 Å². The number of rotatable bonds is 6. The van der Waals surface area contributed by atoms with Gasteiger partial charge in [-0.05, 0) is 55.5 Å². The standard InChI is InChI=1S/C25H32N4O3/c26-24(31)23-21-11-15-28(22(30)18-27-12-6-1-2-7-13-27)16-20(21)17-29(25(23)32)14-10-19-8-4-3-5-9-19/h3-5,8-9,17H,1-2,6-7,10-16,18H2,(H2,26,31). The summed E-state index contributed by atoms with van der Waals surface area (Å²) in [5.74, 6) is -0.579. The third-order valence-corrected chi connectivity index (χ3v) is 6.61. The third-order valence-electron chi connectivity index (χ3n) is 6.61. The van der Waals surface area contributed by atoms with Gasteiger partial charge in [0.15, 0.2) is 0 Å². The Balaban J connectivity index is 1.53. The molecule has 2 aliphatic heterocycles. The number of pyridine rings is 1. The topological polar surface area (TPSA) is 88.6 Å². The molecule has 4 rings (SSSR count). The van der Waals surface area contributed by atoms with Crippen molar-refractivity contribution in [2.75, 3.05) is 26.2 Å². The van der Waals surface area contributed by atoms with E-state index in [9.17, 15) is 14.4 Å². The molecule has 0 radical (unpaired) electrons. The van der Waals surface area contributed by atoms with Crippen LogP contribution < -0.4 is 11.3 Å². The molecule has 2 aliphatic rings. The molecule has 7 nitrogen and oxygen atoms in total. The quantitative estimate of drug-likeness (QED) is 0.750. The Bertz CT molecular complexity index is 1020. The molecule has 0 unspecified atom stereocenters. The number of amides is 2. The Hall–Kier alpha value is -2.93. The fourth-order valence-corrected chi connectivity index (χ4v) is 4.82. The fraction of sp³-hybridized carbons (Fsp3) is 0.480. The van der Waals surface area contributed by atoms with Crippen LogP contribution in [0.3, 0.4) is 0 Å². The first-order valence-electron chi connectivity index (χ1n) is 11.6. The van der Waals surface area contributed by atoms with Gasteiger partial charge in [-0.25, -0.2) is 0 Å². The predicted molar refractivity (Wildman–Crippen MR) is 123 cm³/mol. The summed E-state index contributed by atoms with van der Waals surface area (Å²) in [6, 6.07) is 9.92. The highest BCUT2D eigenvalue weighted by Crippen LogP contribution is 2.21. The van der Waals surface area contributed by atoms with Crippen molar-refractivity contribution in [3.63, 3.8) is 0 Å². The van der Waals surface area contributed by atoms with E-state index in [0.29, 0.717) is 44.6 Å².